The molecule has 4 nitrogen and oxygen atoms in total. The molecule has 0 unspecified atom stereocenters. The number of nitroso groups, excluding NO2 is 1. The average molecular weight is 144 g/mol. The summed E-state index contributed by atoms with van der Waals surface area (Å²) in [6, 6.07) is 0. The van der Waals surface area contributed by atoms with Gasteiger partial charge < -0.3 is 5.11 Å². The molecular weight excluding hydrogens is 132 g/mol. The Hall–Kier alpha value is -0.640. The zero-order chi connectivity index (χ0) is 7.40. The van der Waals surface area contributed by atoms with Gasteiger partial charge in [0.2, 0.25) is 0 Å². The van der Waals surface area contributed by atoms with E-state index in [4.69, 9.17) is 5.11 Å². The predicted molar refractivity (Wildman–Crippen MR) is 37.2 cm³/mol. The molecule has 1 rings (SSSR count). The molecular formula is C6H12N2O2. The molecule has 1 atom stereocenters. The largest absolute Gasteiger partial charge is 0.396 e. The lowest BCUT2D eigenvalue weighted by atomic mass is 10.0. The molecule has 0 aromatic heterocycles. The standard InChI is InChI=1S/C6H12N2O2/c9-5-6-2-1-3-8(4-6)7-10/h6,9H,1-5H2/t6-/m0/s1. The highest BCUT2D eigenvalue weighted by Crippen LogP contribution is 2.15. The van der Waals surface area contributed by atoms with Crippen molar-refractivity contribution in [2.45, 2.75) is 12.8 Å². The zero-order valence-corrected chi connectivity index (χ0v) is 5.86. The van der Waals surface area contributed by atoms with Gasteiger partial charge in [0.05, 0.1) is 5.29 Å². The van der Waals surface area contributed by atoms with Gasteiger partial charge in [-0.1, -0.05) is 0 Å². The lowest BCUT2D eigenvalue weighted by molar-refractivity contribution is 0.122. The summed E-state index contributed by atoms with van der Waals surface area (Å²) < 4.78 is 0. The number of aliphatic hydroxyl groups is 1. The Kier molecular flexibility index (Phi) is 2.62. The molecule has 0 bridgehead atoms. The summed E-state index contributed by atoms with van der Waals surface area (Å²) >= 11 is 0. The van der Waals surface area contributed by atoms with E-state index >= 15 is 0 Å². The van der Waals surface area contributed by atoms with Crippen LogP contribution in [0.3, 0.4) is 0 Å². The summed E-state index contributed by atoms with van der Waals surface area (Å²) in [4.78, 5) is 10.0. The maximum absolute atomic E-state index is 10.0. The number of hydrogen-bond donors (Lipinski definition) is 1. The van der Waals surface area contributed by atoms with E-state index < -0.39 is 0 Å². The maximum atomic E-state index is 10.0. The Morgan fingerprint density at radius 1 is 1.70 bits per heavy atom. The summed E-state index contributed by atoms with van der Waals surface area (Å²) in [5, 5.41) is 13.0. The van der Waals surface area contributed by atoms with E-state index in [0.717, 1.165) is 19.4 Å². The predicted octanol–water partition coefficient (Wildman–Crippen LogP) is 0.372. The molecule has 0 spiro atoms. The molecule has 4 heteroatoms. The van der Waals surface area contributed by atoms with Crippen molar-refractivity contribution in [1.29, 1.82) is 0 Å². The summed E-state index contributed by atoms with van der Waals surface area (Å²) in [6.07, 6.45) is 1.99. The molecule has 0 aromatic rings. The molecule has 1 aliphatic rings. The number of aliphatic hydroxyl groups excluding tert-OH is 1. The van der Waals surface area contributed by atoms with Crippen LogP contribution < -0.4 is 0 Å². The van der Waals surface area contributed by atoms with Crippen LogP contribution in [0.4, 0.5) is 0 Å². The Morgan fingerprint density at radius 3 is 3.10 bits per heavy atom. The van der Waals surface area contributed by atoms with E-state index in [2.05, 4.69) is 5.29 Å². The Morgan fingerprint density at radius 2 is 2.50 bits per heavy atom. The molecule has 0 aliphatic carbocycles. The second-order valence-electron chi connectivity index (χ2n) is 2.69. The SMILES string of the molecule is O=NN1CCC[C@H](CO)C1. The Balaban J connectivity index is 2.31. The van der Waals surface area contributed by atoms with Gasteiger partial charge in [0.15, 0.2) is 0 Å². The van der Waals surface area contributed by atoms with Crippen LogP contribution in [0.25, 0.3) is 0 Å². The van der Waals surface area contributed by atoms with Crippen molar-refractivity contribution in [2.24, 2.45) is 11.2 Å². The van der Waals surface area contributed by atoms with Crippen LogP contribution in [0.15, 0.2) is 5.29 Å². The molecule has 58 valence electrons. The Labute approximate surface area is 59.8 Å². The average Bonchev–Trinajstić information content (AvgIpc) is 2.05. The van der Waals surface area contributed by atoms with E-state index in [1.165, 1.54) is 5.01 Å². The van der Waals surface area contributed by atoms with Crippen LogP contribution in [0, 0.1) is 10.8 Å². The van der Waals surface area contributed by atoms with Gasteiger partial charge in [-0.05, 0) is 12.8 Å². The molecule has 0 amide bonds. The van der Waals surface area contributed by atoms with E-state index in [0.29, 0.717) is 6.54 Å². The fraction of sp³-hybridized carbons (Fsp3) is 1.00. The molecule has 1 fully saturated rings. The topological polar surface area (TPSA) is 52.9 Å². The lowest BCUT2D eigenvalue weighted by Gasteiger charge is -2.26. The van der Waals surface area contributed by atoms with Gasteiger partial charge in [-0.15, -0.1) is 4.91 Å². The number of piperidine rings is 1. The fourth-order valence-corrected chi connectivity index (χ4v) is 1.27. The van der Waals surface area contributed by atoms with Crippen LogP contribution in [-0.2, 0) is 0 Å². The number of rotatable bonds is 2. The first-order valence-electron chi connectivity index (χ1n) is 3.56. The first-order valence-corrected chi connectivity index (χ1v) is 3.56. The first kappa shape index (κ1) is 7.47. The van der Waals surface area contributed by atoms with E-state index in [-0.39, 0.29) is 12.5 Å². The van der Waals surface area contributed by atoms with Gasteiger partial charge >= 0.3 is 0 Å². The minimum atomic E-state index is 0.173. The highest BCUT2D eigenvalue weighted by molar-refractivity contribution is 4.69. The summed E-state index contributed by atoms with van der Waals surface area (Å²) in [7, 11) is 0. The van der Waals surface area contributed by atoms with Crippen molar-refractivity contribution < 1.29 is 5.11 Å². The van der Waals surface area contributed by atoms with E-state index in [1.807, 2.05) is 0 Å². The van der Waals surface area contributed by atoms with Crippen LogP contribution in [0.5, 0.6) is 0 Å². The molecule has 1 N–H and O–H groups in total. The minimum absolute atomic E-state index is 0.173. The summed E-state index contributed by atoms with van der Waals surface area (Å²) in [5.41, 5.74) is 0. The van der Waals surface area contributed by atoms with Gasteiger partial charge in [-0.3, -0.25) is 5.01 Å². The highest BCUT2D eigenvalue weighted by Gasteiger charge is 2.18. The third-order valence-corrected chi connectivity index (χ3v) is 1.87. The number of nitrogens with zero attached hydrogens (tertiary/aromatic N) is 2. The van der Waals surface area contributed by atoms with Gasteiger partial charge in [0, 0.05) is 25.6 Å². The third-order valence-electron chi connectivity index (χ3n) is 1.87. The molecule has 1 saturated heterocycles. The number of hydrogen-bond acceptors (Lipinski definition) is 3. The third kappa shape index (κ3) is 1.67. The second-order valence-corrected chi connectivity index (χ2v) is 2.69. The first-order chi connectivity index (χ1) is 4.86. The van der Waals surface area contributed by atoms with Crippen molar-refractivity contribution in [3.8, 4) is 0 Å². The van der Waals surface area contributed by atoms with Crippen molar-refractivity contribution in [1.82, 2.24) is 5.01 Å². The normalized spacial score (nSPS) is 26.5. The van der Waals surface area contributed by atoms with Crippen LogP contribution in [-0.4, -0.2) is 29.8 Å². The maximum Gasteiger partial charge on any atom is 0.0524 e. The molecule has 1 heterocycles. The molecule has 10 heavy (non-hydrogen) atoms. The monoisotopic (exact) mass is 144 g/mol. The Bertz CT molecular complexity index is 118. The van der Waals surface area contributed by atoms with Crippen molar-refractivity contribution in [3.05, 3.63) is 4.91 Å². The van der Waals surface area contributed by atoms with Gasteiger partial charge in [-0.25, -0.2) is 0 Å². The zero-order valence-electron chi connectivity index (χ0n) is 5.86. The van der Waals surface area contributed by atoms with Crippen LogP contribution in [0.1, 0.15) is 12.8 Å². The molecule has 0 radical (unpaired) electrons. The van der Waals surface area contributed by atoms with Crippen LogP contribution in [0.2, 0.25) is 0 Å². The van der Waals surface area contributed by atoms with Crippen molar-refractivity contribution >= 4 is 0 Å². The van der Waals surface area contributed by atoms with Crippen LogP contribution >= 0.6 is 0 Å². The van der Waals surface area contributed by atoms with Gasteiger partial charge in [0.1, 0.15) is 0 Å². The minimum Gasteiger partial charge on any atom is -0.396 e. The smallest absolute Gasteiger partial charge is 0.0524 e. The van der Waals surface area contributed by atoms with Crippen molar-refractivity contribution in [2.75, 3.05) is 19.7 Å². The fourth-order valence-electron chi connectivity index (χ4n) is 1.27. The van der Waals surface area contributed by atoms with Gasteiger partial charge in [-0.2, -0.15) is 0 Å². The van der Waals surface area contributed by atoms with E-state index in [1.54, 1.807) is 0 Å². The van der Waals surface area contributed by atoms with Crippen molar-refractivity contribution in [3.63, 3.8) is 0 Å². The molecule has 0 saturated carbocycles. The van der Waals surface area contributed by atoms with E-state index in [9.17, 15) is 4.91 Å². The molecule has 1 aliphatic heterocycles. The van der Waals surface area contributed by atoms with Gasteiger partial charge in [0.25, 0.3) is 0 Å². The lowest BCUT2D eigenvalue weighted by Crippen LogP contribution is -2.32. The summed E-state index contributed by atoms with van der Waals surface area (Å²) in [5.74, 6) is 0.256. The summed E-state index contributed by atoms with van der Waals surface area (Å²) in [6.45, 7) is 1.55. The molecule has 0 aromatic carbocycles. The highest BCUT2D eigenvalue weighted by atomic mass is 16.3. The second kappa shape index (κ2) is 3.51. The quantitative estimate of drug-likeness (QED) is 0.570.